The first-order valence-corrected chi connectivity index (χ1v) is 4.60. The molecule has 0 aliphatic rings. The lowest BCUT2D eigenvalue weighted by Crippen LogP contribution is -2.68. The van der Waals surface area contributed by atoms with E-state index in [1.807, 2.05) is 0 Å². The van der Waals surface area contributed by atoms with Gasteiger partial charge in [-0.05, 0) is 11.4 Å². The second-order valence-electron chi connectivity index (χ2n) is 2.62. The molecule has 0 aliphatic carbocycles. The smallest absolute Gasteiger partial charge is 0.179 e. The predicted octanol–water partition coefficient (Wildman–Crippen LogP) is -1.32. The molecule has 0 saturated heterocycles. The largest absolute Gasteiger partial charge is 0.544 e. The first kappa shape index (κ1) is 9.88. The van der Waals surface area contributed by atoms with E-state index < -0.39 is 12.0 Å². The molecule has 0 bridgehead atoms. The van der Waals surface area contributed by atoms with Crippen molar-refractivity contribution in [2.24, 2.45) is 0 Å². The number of ketones is 1. The van der Waals surface area contributed by atoms with Gasteiger partial charge in [0.05, 0.1) is 17.3 Å². The van der Waals surface area contributed by atoms with Gasteiger partial charge in [0, 0.05) is 0 Å². The first-order chi connectivity index (χ1) is 6.11. The van der Waals surface area contributed by atoms with Crippen LogP contribution in [0.25, 0.3) is 0 Å². The molecule has 0 saturated carbocycles. The molecule has 5 heteroatoms. The Morgan fingerprint density at radius 3 is 2.77 bits per heavy atom. The number of hydrogen-bond acceptors (Lipinski definition) is 4. The van der Waals surface area contributed by atoms with E-state index >= 15 is 0 Å². The van der Waals surface area contributed by atoms with E-state index in [0.717, 1.165) is 0 Å². The maximum Gasteiger partial charge on any atom is 0.179 e. The van der Waals surface area contributed by atoms with Crippen LogP contribution in [0.3, 0.4) is 0 Å². The van der Waals surface area contributed by atoms with Crippen molar-refractivity contribution in [2.75, 3.05) is 0 Å². The van der Waals surface area contributed by atoms with Crippen molar-refractivity contribution >= 4 is 23.1 Å². The minimum absolute atomic E-state index is 0.0944. The maximum absolute atomic E-state index is 11.3. The number of carboxylic acids is 1. The van der Waals surface area contributed by atoms with E-state index in [0.29, 0.717) is 4.88 Å². The van der Waals surface area contributed by atoms with E-state index in [1.54, 1.807) is 17.5 Å². The molecule has 1 aromatic rings. The number of hydrogen-bond donors (Lipinski definition) is 1. The van der Waals surface area contributed by atoms with E-state index in [1.165, 1.54) is 11.3 Å². The summed E-state index contributed by atoms with van der Waals surface area (Å²) in [5.74, 6) is -1.48. The van der Waals surface area contributed by atoms with E-state index in [-0.39, 0.29) is 12.2 Å². The van der Waals surface area contributed by atoms with E-state index in [9.17, 15) is 14.7 Å². The van der Waals surface area contributed by atoms with Crippen LogP contribution >= 0.6 is 11.3 Å². The first-order valence-electron chi connectivity index (χ1n) is 3.72. The van der Waals surface area contributed by atoms with Gasteiger partial charge in [-0.1, -0.05) is 6.07 Å². The van der Waals surface area contributed by atoms with Crippen molar-refractivity contribution in [1.29, 1.82) is 0 Å². The van der Waals surface area contributed by atoms with Gasteiger partial charge >= 0.3 is 0 Å². The van der Waals surface area contributed by atoms with Crippen molar-refractivity contribution < 1.29 is 20.4 Å². The van der Waals surface area contributed by atoms with Crippen LogP contribution < -0.4 is 10.8 Å². The van der Waals surface area contributed by atoms with Gasteiger partial charge in [-0.25, -0.2) is 0 Å². The molecule has 0 radical (unpaired) electrons. The minimum atomic E-state index is -1.29. The van der Waals surface area contributed by atoms with Gasteiger partial charge in [0.15, 0.2) is 5.78 Å². The fourth-order valence-corrected chi connectivity index (χ4v) is 1.52. The van der Waals surface area contributed by atoms with Gasteiger partial charge in [0.25, 0.3) is 0 Å². The van der Waals surface area contributed by atoms with Crippen molar-refractivity contribution in [3.05, 3.63) is 22.4 Å². The van der Waals surface area contributed by atoms with Gasteiger partial charge in [0.2, 0.25) is 0 Å². The van der Waals surface area contributed by atoms with Gasteiger partial charge in [-0.2, -0.15) is 0 Å². The highest BCUT2D eigenvalue weighted by molar-refractivity contribution is 7.12. The maximum atomic E-state index is 11.3. The van der Waals surface area contributed by atoms with Crippen LogP contribution in [0, 0.1) is 0 Å². The Labute approximate surface area is 79.0 Å². The number of thiophene rings is 1. The molecule has 13 heavy (non-hydrogen) atoms. The topological polar surface area (TPSA) is 84.8 Å². The molecule has 4 nitrogen and oxygen atoms in total. The van der Waals surface area contributed by atoms with Gasteiger partial charge in [0.1, 0.15) is 6.04 Å². The molecule has 0 fully saturated rings. The van der Waals surface area contributed by atoms with E-state index in [4.69, 9.17) is 0 Å². The monoisotopic (exact) mass is 199 g/mol. The van der Waals surface area contributed by atoms with Crippen LogP contribution in [0.1, 0.15) is 16.1 Å². The molecule has 1 atom stereocenters. The quantitative estimate of drug-likeness (QED) is 0.610. The Kier molecular flexibility index (Phi) is 3.16. The van der Waals surface area contributed by atoms with Crippen molar-refractivity contribution in [2.45, 2.75) is 12.5 Å². The highest BCUT2D eigenvalue weighted by Crippen LogP contribution is 2.11. The number of rotatable bonds is 4. The molecule has 0 amide bonds. The van der Waals surface area contributed by atoms with Crippen LogP contribution in [0.5, 0.6) is 0 Å². The third-order valence-corrected chi connectivity index (χ3v) is 2.47. The lowest BCUT2D eigenvalue weighted by atomic mass is 10.1. The number of carbonyl (C=O) groups is 2. The van der Waals surface area contributed by atoms with Crippen LogP contribution in [0.2, 0.25) is 0 Å². The molecular weight excluding hydrogens is 190 g/mol. The summed E-state index contributed by atoms with van der Waals surface area (Å²) in [6, 6.07) is 2.44. The van der Waals surface area contributed by atoms with Crippen LogP contribution in [-0.4, -0.2) is 17.8 Å². The van der Waals surface area contributed by atoms with Crippen molar-refractivity contribution in [1.82, 2.24) is 0 Å². The molecular formula is C8H9NO3S. The molecule has 0 aromatic carbocycles. The summed E-state index contributed by atoms with van der Waals surface area (Å²) in [7, 11) is 0. The molecule has 1 rings (SSSR count). The average molecular weight is 199 g/mol. The highest BCUT2D eigenvalue weighted by Gasteiger charge is 2.15. The number of Topliss-reactive ketones (excluding diaryl/α,β-unsaturated/α-hetero) is 1. The molecule has 1 aromatic heterocycles. The molecule has 0 spiro atoms. The summed E-state index contributed by atoms with van der Waals surface area (Å²) < 4.78 is 0. The fourth-order valence-electron chi connectivity index (χ4n) is 0.845. The standard InChI is InChI=1S/C8H9NO3S/c9-5(8(11)12)4-6(10)7-2-1-3-13-7/h1-3,5H,4,9H2,(H,11,12)/t5-/m0/s1. The Hall–Kier alpha value is -1.20. The lowest BCUT2D eigenvalue weighted by Gasteiger charge is -2.06. The molecule has 0 aliphatic heterocycles. The van der Waals surface area contributed by atoms with Crippen LogP contribution in [-0.2, 0) is 4.79 Å². The summed E-state index contributed by atoms with van der Waals surface area (Å²) in [5.41, 5.74) is 3.31. The predicted molar refractivity (Wildman–Crippen MR) is 44.9 cm³/mol. The zero-order valence-electron chi connectivity index (χ0n) is 6.86. The zero-order chi connectivity index (χ0) is 9.84. The lowest BCUT2D eigenvalue weighted by molar-refractivity contribution is -0.435. The summed E-state index contributed by atoms with van der Waals surface area (Å²) in [5, 5.41) is 12.1. The number of aliphatic carboxylic acids is 1. The number of carboxylic acid groups (broad SMARTS) is 1. The Morgan fingerprint density at radius 2 is 2.31 bits per heavy atom. The third kappa shape index (κ3) is 2.64. The van der Waals surface area contributed by atoms with Gasteiger partial charge in [-0.15, -0.1) is 11.3 Å². The number of carbonyl (C=O) groups excluding carboxylic acids is 2. The Morgan fingerprint density at radius 1 is 1.62 bits per heavy atom. The zero-order valence-corrected chi connectivity index (χ0v) is 7.67. The van der Waals surface area contributed by atoms with E-state index in [2.05, 4.69) is 5.73 Å². The SMILES string of the molecule is [NH3+][C@@H](CC(=O)c1cccs1)C(=O)[O-]. The van der Waals surface area contributed by atoms with Gasteiger partial charge < -0.3 is 15.6 Å². The minimum Gasteiger partial charge on any atom is -0.544 e. The molecule has 0 unspecified atom stereocenters. The fraction of sp³-hybridized carbons (Fsp3) is 0.250. The van der Waals surface area contributed by atoms with Crippen molar-refractivity contribution in [3.8, 4) is 0 Å². The Bertz CT molecular complexity index is 307. The number of quaternary nitrogens is 1. The normalized spacial score (nSPS) is 12.4. The second-order valence-corrected chi connectivity index (χ2v) is 3.57. The van der Waals surface area contributed by atoms with Crippen LogP contribution in [0.15, 0.2) is 17.5 Å². The highest BCUT2D eigenvalue weighted by atomic mass is 32.1. The summed E-state index contributed by atoms with van der Waals surface area (Å²) in [6.07, 6.45) is -0.0944. The summed E-state index contributed by atoms with van der Waals surface area (Å²) in [6.45, 7) is 0. The molecule has 1 heterocycles. The average Bonchev–Trinajstić information content (AvgIpc) is 2.55. The summed E-state index contributed by atoms with van der Waals surface area (Å²) in [4.78, 5) is 22.1. The molecule has 70 valence electrons. The second kappa shape index (κ2) is 4.15. The summed E-state index contributed by atoms with van der Waals surface area (Å²) >= 11 is 1.29. The van der Waals surface area contributed by atoms with Crippen molar-refractivity contribution in [3.63, 3.8) is 0 Å². The van der Waals surface area contributed by atoms with Crippen LogP contribution in [0.4, 0.5) is 0 Å². The Balaban J connectivity index is 2.56. The van der Waals surface area contributed by atoms with Gasteiger partial charge in [-0.3, -0.25) is 4.79 Å². The molecule has 3 N–H and O–H groups in total. The third-order valence-electron chi connectivity index (χ3n) is 1.56.